The number of rotatable bonds is 4. The van der Waals surface area contributed by atoms with Crippen molar-refractivity contribution in [3.63, 3.8) is 0 Å². The zero-order chi connectivity index (χ0) is 12.8. The lowest BCUT2D eigenvalue weighted by Gasteiger charge is -2.27. The molecule has 18 heavy (non-hydrogen) atoms. The van der Waals surface area contributed by atoms with Crippen molar-refractivity contribution in [1.29, 1.82) is 0 Å². The topological polar surface area (TPSA) is 32.3 Å². The average molecular weight is 246 g/mol. The second-order valence-corrected chi connectivity index (χ2v) is 5.02. The predicted molar refractivity (Wildman–Crippen MR) is 73.1 cm³/mol. The Morgan fingerprint density at radius 3 is 2.50 bits per heavy atom. The molecule has 0 unspecified atom stereocenters. The van der Waals surface area contributed by atoms with Crippen LogP contribution in [0.15, 0.2) is 24.3 Å². The number of nitrogens with one attached hydrogen (secondary N) is 1. The molecule has 0 saturated carbocycles. The first-order chi connectivity index (χ1) is 8.75. The Kier molecular flexibility index (Phi) is 4.76. The van der Waals surface area contributed by atoms with Gasteiger partial charge in [-0.15, -0.1) is 0 Å². The number of nitrogens with zero attached hydrogens (tertiary/aromatic N) is 1. The van der Waals surface area contributed by atoms with Gasteiger partial charge in [0.1, 0.15) is 0 Å². The maximum Gasteiger partial charge on any atom is 0.217 e. The molecular weight excluding hydrogens is 224 g/mol. The third-order valence-corrected chi connectivity index (χ3v) is 3.49. The van der Waals surface area contributed by atoms with E-state index in [4.69, 9.17) is 0 Å². The molecule has 0 radical (unpaired) electrons. The Morgan fingerprint density at radius 2 is 1.83 bits per heavy atom. The van der Waals surface area contributed by atoms with Crippen LogP contribution in [0, 0.1) is 0 Å². The molecule has 0 aliphatic carbocycles. The van der Waals surface area contributed by atoms with Gasteiger partial charge >= 0.3 is 0 Å². The smallest absolute Gasteiger partial charge is 0.217 e. The second kappa shape index (κ2) is 6.55. The molecule has 2 rings (SSSR count). The summed E-state index contributed by atoms with van der Waals surface area (Å²) >= 11 is 0. The highest BCUT2D eigenvalue weighted by atomic mass is 16.1. The summed E-state index contributed by atoms with van der Waals surface area (Å²) in [4.78, 5) is 13.5. The van der Waals surface area contributed by atoms with Crippen LogP contribution in [-0.4, -0.2) is 23.9 Å². The van der Waals surface area contributed by atoms with Gasteiger partial charge in [-0.05, 0) is 37.1 Å². The summed E-state index contributed by atoms with van der Waals surface area (Å²) in [5.74, 6) is 0.0303. The van der Waals surface area contributed by atoms with E-state index in [0.29, 0.717) is 6.54 Å². The van der Waals surface area contributed by atoms with E-state index in [1.807, 2.05) is 6.07 Å². The summed E-state index contributed by atoms with van der Waals surface area (Å²) in [5.41, 5.74) is 2.58. The summed E-state index contributed by atoms with van der Waals surface area (Å²) in [7, 11) is 0. The van der Waals surface area contributed by atoms with Crippen LogP contribution >= 0.6 is 0 Å². The molecule has 0 spiro atoms. The van der Waals surface area contributed by atoms with Crippen LogP contribution in [0.4, 0.5) is 0 Å². The van der Waals surface area contributed by atoms with E-state index >= 15 is 0 Å². The molecule has 1 aromatic carbocycles. The lowest BCUT2D eigenvalue weighted by atomic mass is 10.0. The van der Waals surface area contributed by atoms with Gasteiger partial charge < -0.3 is 5.32 Å². The molecular formula is C15H22N2O. The Bertz CT molecular complexity index is 397. The summed E-state index contributed by atoms with van der Waals surface area (Å²) in [6.45, 7) is 5.62. The van der Waals surface area contributed by atoms with Crippen molar-refractivity contribution in [2.75, 3.05) is 13.1 Å². The minimum Gasteiger partial charge on any atom is -0.352 e. The Balaban J connectivity index is 1.99. The van der Waals surface area contributed by atoms with Crippen molar-refractivity contribution in [2.24, 2.45) is 0 Å². The molecule has 1 heterocycles. The highest BCUT2D eigenvalue weighted by Gasteiger charge is 2.12. The molecule has 1 aromatic rings. The number of hydrogen-bond donors (Lipinski definition) is 1. The van der Waals surface area contributed by atoms with Gasteiger partial charge in [0, 0.05) is 20.0 Å². The fourth-order valence-electron chi connectivity index (χ4n) is 2.46. The number of benzene rings is 1. The summed E-state index contributed by atoms with van der Waals surface area (Å²) < 4.78 is 0. The quantitative estimate of drug-likeness (QED) is 0.884. The SMILES string of the molecule is CC(=O)NCc1ccccc1CN1CCCCC1. The molecule has 1 fully saturated rings. The van der Waals surface area contributed by atoms with Gasteiger partial charge in [0.25, 0.3) is 0 Å². The second-order valence-electron chi connectivity index (χ2n) is 5.02. The standard InChI is InChI=1S/C15H22N2O/c1-13(18)16-11-14-7-3-4-8-15(14)12-17-9-5-2-6-10-17/h3-4,7-8H,2,5-6,9-12H2,1H3,(H,16,18). The van der Waals surface area contributed by atoms with Crippen LogP contribution < -0.4 is 5.32 Å². The molecule has 3 nitrogen and oxygen atoms in total. The van der Waals surface area contributed by atoms with Gasteiger partial charge in [0.15, 0.2) is 0 Å². The lowest BCUT2D eigenvalue weighted by Crippen LogP contribution is -2.30. The fourth-order valence-corrected chi connectivity index (χ4v) is 2.46. The monoisotopic (exact) mass is 246 g/mol. The molecule has 3 heteroatoms. The summed E-state index contributed by atoms with van der Waals surface area (Å²) in [6, 6.07) is 8.40. The molecule has 1 N–H and O–H groups in total. The number of hydrogen-bond acceptors (Lipinski definition) is 2. The molecule has 1 saturated heterocycles. The third-order valence-electron chi connectivity index (χ3n) is 3.49. The maximum atomic E-state index is 11.0. The van der Waals surface area contributed by atoms with Crippen molar-refractivity contribution in [3.05, 3.63) is 35.4 Å². The lowest BCUT2D eigenvalue weighted by molar-refractivity contribution is -0.119. The number of amides is 1. The van der Waals surface area contributed by atoms with Crippen LogP contribution in [-0.2, 0) is 17.9 Å². The third kappa shape index (κ3) is 3.84. The van der Waals surface area contributed by atoms with E-state index in [1.54, 1.807) is 6.92 Å². The highest BCUT2D eigenvalue weighted by molar-refractivity contribution is 5.72. The Hall–Kier alpha value is -1.35. The molecule has 0 atom stereocenters. The van der Waals surface area contributed by atoms with Crippen molar-refractivity contribution >= 4 is 5.91 Å². The van der Waals surface area contributed by atoms with E-state index in [0.717, 1.165) is 6.54 Å². The minimum absolute atomic E-state index is 0.0303. The fraction of sp³-hybridized carbons (Fsp3) is 0.533. The largest absolute Gasteiger partial charge is 0.352 e. The van der Waals surface area contributed by atoms with E-state index in [1.165, 1.54) is 43.5 Å². The highest BCUT2D eigenvalue weighted by Crippen LogP contribution is 2.16. The number of likely N-dealkylation sites (tertiary alicyclic amines) is 1. The van der Waals surface area contributed by atoms with Gasteiger partial charge in [-0.2, -0.15) is 0 Å². The summed E-state index contributed by atoms with van der Waals surface area (Å²) in [6.07, 6.45) is 3.99. The van der Waals surface area contributed by atoms with Crippen molar-refractivity contribution < 1.29 is 4.79 Å². The van der Waals surface area contributed by atoms with Crippen LogP contribution in [0.1, 0.15) is 37.3 Å². The van der Waals surface area contributed by atoms with Crippen LogP contribution in [0.2, 0.25) is 0 Å². The van der Waals surface area contributed by atoms with Gasteiger partial charge in [0.05, 0.1) is 0 Å². The maximum absolute atomic E-state index is 11.0. The van der Waals surface area contributed by atoms with Gasteiger partial charge in [-0.3, -0.25) is 9.69 Å². The molecule has 1 amide bonds. The number of piperidine rings is 1. The van der Waals surface area contributed by atoms with E-state index < -0.39 is 0 Å². The first kappa shape index (κ1) is 13.1. The average Bonchev–Trinajstić information content (AvgIpc) is 2.39. The van der Waals surface area contributed by atoms with Crippen molar-refractivity contribution in [3.8, 4) is 0 Å². The molecule has 1 aliphatic rings. The minimum atomic E-state index is 0.0303. The first-order valence-electron chi connectivity index (χ1n) is 6.79. The Labute approximate surface area is 109 Å². The van der Waals surface area contributed by atoms with Gasteiger partial charge in [-0.1, -0.05) is 30.7 Å². The van der Waals surface area contributed by atoms with Crippen molar-refractivity contribution in [1.82, 2.24) is 10.2 Å². The van der Waals surface area contributed by atoms with Crippen LogP contribution in [0.3, 0.4) is 0 Å². The predicted octanol–water partition coefficient (Wildman–Crippen LogP) is 2.31. The molecule has 1 aliphatic heterocycles. The van der Waals surface area contributed by atoms with Crippen LogP contribution in [0.25, 0.3) is 0 Å². The van der Waals surface area contributed by atoms with E-state index in [2.05, 4.69) is 28.4 Å². The summed E-state index contributed by atoms with van der Waals surface area (Å²) in [5, 5.41) is 2.88. The zero-order valence-corrected chi connectivity index (χ0v) is 11.1. The normalized spacial score (nSPS) is 16.5. The van der Waals surface area contributed by atoms with E-state index in [9.17, 15) is 4.79 Å². The van der Waals surface area contributed by atoms with Gasteiger partial charge in [0.2, 0.25) is 5.91 Å². The van der Waals surface area contributed by atoms with Gasteiger partial charge in [-0.25, -0.2) is 0 Å². The number of carbonyl (C=O) groups excluding carboxylic acids is 1. The molecule has 0 aromatic heterocycles. The molecule has 98 valence electrons. The van der Waals surface area contributed by atoms with Crippen molar-refractivity contribution in [2.45, 2.75) is 39.3 Å². The molecule has 0 bridgehead atoms. The zero-order valence-electron chi connectivity index (χ0n) is 11.1. The Morgan fingerprint density at radius 1 is 1.17 bits per heavy atom. The number of carbonyl (C=O) groups is 1. The van der Waals surface area contributed by atoms with E-state index in [-0.39, 0.29) is 5.91 Å². The van der Waals surface area contributed by atoms with Crippen LogP contribution in [0.5, 0.6) is 0 Å². The first-order valence-corrected chi connectivity index (χ1v) is 6.79.